The molecule has 1 saturated heterocycles. The lowest BCUT2D eigenvalue weighted by Gasteiger charge is -2.29. The molecule has 0 unspecified atom stereocenters. The lowest BCUT2D eigenvalue weighted by Crippen LogP contribution is -2.41. The summed E-state index contributed by atoms with van der Waals surface area (Å²) in [4.78, 5) is 11.5. The Balaban J connectivity index is 2.25. The smallest absolute Gasteiger partial charge is 0.312 e. The first kappa shape index (κ1) is 12.9. The van der Waals surface area contributed by atoms with Gasteiger partial charge in [0.1, 0.15) is 5.75 Å². The Kier molecular flexibility index (Phi) is 4.20. The van der Waals surface area contributed by atoms with Crippen molar-refractivity contribution in [2.24, 2.45) is 0 Å². The fourth-order valence-electron chi connectivity index (χ4n) is 2.55. The van der Waals surface area contributed by atoms with Crippen LogP contribution in [0.2, 0.25) is 0 Å². The molecule has 2 atom stereocenters. The molecular formula is C14H19NO3. The third-order valence-corrected chi connectivity index (χ3v) is 3.47. The molecule has 2 rings (SSSR count). The van der Waals surface area contributed by atoms with E-state index in [1.807, 2.05) is 24.3 Å². The van der Waals surface area contributed by atoms with Gasteiger partial charge in [0.05, 0.1) is 13.0 Å². The number of benzene rings is 1. The van der Waals surface area contributed by atoms with Crippen LogP contribution in [-0.2, 0) is 4.79 Å². The number of piperidine rings is 1. The summed E-state index contributed by atoms with van der Waals surface area (Å²) >= 11 is 0. The molecule has 0 saturated carbocycles. The van der Waals surface area contributed by atoms with E-state index in [4.69, 9.17) is 4.74 Å². The number of carboxylic acids is 1. The van der Waals surface area contributed by atoms with Gasteiger partial charge in [-0.05, 0) is 37.1 Å². The molecule has 1 aliphatic heterocycles. The lowest BCUT2D eigenvalue weighted by atomic mass is 9.86. The second-order valence-corrected chi connectivity index (χ2v) is 4.65. The molecule has 18 heavy (non-hydrogen) atoms. The predicted octanol–water partition coefficient (Wildman–Crippen LogP) is 2.01. The zero-order chi connectivity index (χ0) is 13.0. The maximum atomic E-state index is 11.5. The molecule has 1 aromatic carbocycles. The average Bonchev–Trinajstić information content (AvgIpc) is 2.40. The third-order valence-electron chi connectivity index (χ3n) is 3.47. The number of ether oxygens (including phenoxy) is 1. The van der Waals surface area contributed by atoms with Gasteiger partial charge in [-0.2, -0.15) is 0 Å². The van der Waals surface area contributed by atoms with Crippen molar-refractivity contribution < 1.29 is 14.6 Å². The second-order valence-electron chi connectivity index (χ2n) is 4.65. The van der Waals surface area contributed by atoms with Gasteiger partial charge in [0.15, 0.2) is 0 Å². The van der Waals surface area contributed by atoms with Gasteiger partial charge in [-0.3, -0.25) is 4.79 Å². The fraction of sp³-hybridized carbons (Fsp3) is 0.500. The SMILES string of the molecule is COc1cccc([C@H](C(=O)O)[C@@H]2CCCCN2)c1. The molecule has 0 radical (unpaired) electrons. The summed E-state index contributed by atoms with van der Waals surface area (Å²) in [5, 5.41) is 12.8. The van der Waals surface area contributed by atoms with Gasteiger partial charge in [-0.25, -0.2) is 0 Å². The maximum absolute atomic E-state index is 11.5. The molecule has 0 spiro atoms. The van der Waals surface area contributed by atoms with Crippen molar-refractivity contribution in [3.8, 4) is 5.75 Å². The van der Waals surface area contributed by atoms with Crippen LogP contribution in [0.25, 0.3) is 0 Å². The van der Waals surface area contributed by atoms with Crippen LogP contribution in [-0.4, -0.2) is 30.8 Å². The normalized spacial score (nSPS) is 21.3. The van der Waals surface area contributed by atoms with Crippen LogP contribution in [0.3, 0.4) is 0 Å². The van der Waals surface area contributed by atoms with Gasteiger partial charge >= 0.3 is 5.97 Å². The molecule has 4 heteroatoms. The van der Waals surface area contributed by atoms with E-state index in [1.54, 1.807) is 7.11 Å². The zero-order valence-electron chi connectivity index (χ0n) is 10.6. The summed E-state index contributed by atoms with van der Waals surface area (Å²) in [5.74, 6) is -0.572. The second kappa shape index (κ2) is 5.87. The van der Waals surface area contributed by atoms with Crippen molar-refractivity contribution in [3.63, 3.8) is 0 Å². The molecule has 2 N–H and O–H groups in total. The number of nitrogens with one attached hydrogen (secondary N) is 1. The minimum Gasteiger partial charge on any atom is -0.497 e. The zero-order valence-corrected chi connectivity index (χ0v) is 10.6. The van der Waals surface area contributed by atoms with Gasteiger partial charge in [0, 0.05) is 6.04 Å². The maximum Gasteiger partial charge on any atom is 0.312 e. The molecule has 4 nitrogen and oxygen atoms in total. The van der Waals surface area contributed by atoms with E-state index in [9.17, 15) is 9.90 Å². The van der Waals surface area contributed by atoms with E-state index in [-0.39, 0.29) is 6.04 Å². The number of aliphatic carboxylic acids is 1. The molecule has 1 heterocycles. The summed E-state index contributed by atoms with van der Waals surface area (Å²) in [5.41, 5.74) is 0.807. The Labute approximate surface area is 107 Å². The molecular weight excluding hydrogens is 230 g/mol. The van der Waals surface area contributed by atoms with Gasteiger partial charge in [-0.15, -0.1) is 0 Å². The van der Waals surface area contributed by atoms with E-state index in [0.717, 1.165) is 31.4 Å². The molecule has 1 aliphatic rings. The highest BCUT2D eigenvalue weighted by Crippen LogP contribution is 2.28. The van der Waals surface area contributed by atoms with Crippen LogP contribution in [0.4, 0.5) is 0 Å². The van der Waals surface area contributed by atoms with Crippen molar-refractivity contribution in [3.05, 3.63) is 29.8 Å². The van der Waals surface area contributed by atoms with E-state index >= 15 is 0 Å². The van der Waals surface area contributed by atoms with Crippen LogP contribution >= 0.6 is 0 Å². The minimum atomic E-state index is -0.775. The Morgan fingerprint density at radius 1 is 1.50 bits per heavy atom. The van der Waals surface area contributed by atoms with Gasteiger partial charge < -0.3 is 15.2 Å². The first-order chi connectivity index (χ1) is 8.72. The van der Waals surface area contributed by atoms with Crippen molar-refractivity contribution in [2.45, 2.75) is 31.2 Å². The molecule has 0 bridgehead atoms. The summed E-state index contributed by atoms with van der Waals surface area (Å²) in [6, 6.07) is 7.36. The first-order valence-electron chi connectivity index (χ1n) is 6.32. The average molecular weight is 249 g/mol. The van der Waals surface area contributed by atoms with E-state index < -0.39 is 11.9 Å². The Morgan fingerprint density at radius 2 is 2.33 bits per heavy atom. The molecule has 0 aliphatic carbocycles. The van der Waals surface area contributed by atoms with Crippen LogP contribution in [0.5, 0.6) is 5.75 Å². The standard InChI is InChI=1S/C14H19NO3/c1-18-11-6-4-5-10(9-11)13(14(16)17)12-7-2-3-8-15-12/h4-6,9,12-13,15H,2-3,7-8H2,1H3,(H,16,17)/t12-,13-/m0/s1. The number of carboxylic acid groups (broad SMARTS) is 1. The molecule has 98 valence electrons. The number of hydrogen-bond acceptors (Lipinski definition) is 3. The largest absolute Gasteiger partial charge is 0.497 e. The van der Waals surface area contributed by atoms with E-state index in [1.165, 1.54) is 0 Å². The summed E-state index contributed by atoms with van der Waals surface area (Å²) in [7, 11) is 1.59. The highest BCUT2D eigenvalue weighted by atomic mass is 16.5. The highest BCUT2D eigenvalue weighted by molar-refractivity contribution is 5.77. The monoisotopic (exact) mass is 249 g/mol. The first-order valence-corrected chi connectivity index (χ1v) is 6.32. The number of rotatable bonds is 4. The molecule has 0 amide bonds. The predicted molar refractivity (Wildman–Crippen MR) is 69.0 cm³/mol. The summed E-state index contributed by atoms with van der Waals surface area (Å²) in [6.07, 6.45) is 3.13. The molecule has 1 aromatic rings. The molecule has 0 aromatic heterocycles. The minimum absolute atomic E-state index is 0.0170. The van der Waals surface area contributed by atoms with Crippen LogP contribution < -0.4 is 10.1 Å². The van der Waals surface area contributed by atoms with Gasteiger partial charge in [-0.1, -0.05) is 18.6 Å². The van der Waals surface area contributed by atoms with Crippen molar-refractivity contribution in [1.29, 1.82) is 0 Å². The molecule has 1 fully saturated rings. The van der Waals surface area contributed by atoms with Crippen molar-refractivity contribution in [1.82, 2.24) is 5.32 Å². The van der Waals surface area contributed by atoms with Crippen molar-refractivity contribution in [2.75, 3.05) is 13.7 Å². The van der Waals surface area contributed by atoms with Crippen molar-refractivity contribution >= 4 is 5.97 Å². The topological polar surface area (TPSA) is 58.6 Å². The van der Waals surface area contributed by atoms with Crippen LogP contribution in [0, 0.1) is 0 Å². The summed E-state index contributed by atoms with van der Waals surface area (Å²) < 4.78 is 5.16. The Hall–Kier alpha value is -1.55. The van der Waals surface area contributed by atoms with E-state index in [0.29, 0.717) is 5.75 Å². The van der Waals surface area contributed by atoms with Crippen LogP contribution in [0.15, 0.2) is 24.3 Å². The fourth-order valence-corrected chi connectivity index (χ4v) is 2.55. The Bertz CT molecular complexity index is 413. The highest BCUT2D eigenvalue weighted by Gasteiger charge is 2.30. The van der Waals surface area contributed by atoms with Gasteiger partial charge in [0.25, 0.3) is 0 Å². The quantitative estimate of drug-likeness (QED) is 0.857. The summed E-state index contributed by atoms with van der Waals surface area (Å²) in [6.45, 7) is 0.901. The lowest BCUT2D eigenvalue weighted by molar-refractivity contribution is -0.139. The number of hydrogen-bond donors (Lipinski definition) is 2. The Morgan fingerprint density at radius 3 is 2.94 bits per heavy atom. The number of carbonyl (C=O) groups is 1. The van der Waals surface area contributed by atoms with Gasteiger partial charge in [0.2, 0.25) is 0 Å². The number of methoxy groups -OCH3 is 1. The van der Waals surface area contributed by atoms with E-state index in [2.05, 4.69) is 5.32 Å². The van der Waals surface area contributed by atoms with Crippen LogP contribution in [0.1, 0.15) is 30.7 Å². The third kappa shape index (κ3) is 2.82.